The molecule has 0 radical (unpaired) electrons. The first-order chi connectivity index (χ1) is 15.6. The average molecular weight is 431 g/mol. The molecule has 7 heteroatoms. The van der Waals surface area contributed by atoms with Gasteiger partial charge in [0.2, 0.25) is 0 Å². The number of benzene rings is 2. The minimum absolute atomic E-state index is 0.316. The minimum Gasteiger partial charge on any atom is -0.354 e. The molecular weight excluding hydrogens is 403 g/mol. The molecule has 0 atom stereocenters. The molecule has 1 saturated heterocycles. The fourth-order valence-electron chi connectivity index (χ4n) is 4.35. The molecule has 3 heterocycles. The number of likely N-dealkylation sites (tertiary alicyclic amines) is 1. The zero-order valence-electron chi connectivity index (χ0n) is 18.2. The molecular formula is C25H27FN6. The van der Waals surface area contributed by atoms with Gasteiger partial charge >= 0.3 is 0 Å². The molecule has 1 aliphatic rings. The van der Waals surface area contributed by atoms with E-state index in [1.165, 1.54) is 44.0 Å². The molecule has 0 amide bonds. The lowest BCUT2D eigenvalue weighted by Gasteiger charge is -2.26. The Bertz CT molecular complexity index is 1250. The number of aromatic amines is 1. The average Bonchev–Trinajstić information content (AvgIpc) is 3.41. The van der Waals surface area contributed by atoms with Gasteiger partial charge in [-0.2, -0.15) is 10.2 Å². The number of aryl methyl sites for hydroxylation is 1. The molecule has 2 N–H and O–H groups in total. The third-order valence-corrected chi connectivity index (χ3v) is 6.06. The monoisotopic (exact) mass is 430 g/mol. The maximum atomic E-state index is 14.7. The van der Waals surface area contributed by atoms with Crippen molar-refractivity contribution >= 4 is 22.3 Å². The Morgan fingerprint density at radius 3 is 2.66 bits per heavy atom. The van der Waals surface area contributed by atoms with E-state index in [2.05, 4.69) is 56.4 Å². The molecule has 2 aromatic heterocycles. The summed E-state index contributed by atoms with van der Waals surface area (Å²) in [6.45, 7) is 7.54. The first-order valence-corrected chi connectivity index (χ1v) is 11.0. The van der Waals surface area contributed by atoms with E-state index in [-0.39, 0.29) is 5.82 Å². The number of hydrogen-bond acceptors (Lipinski definition) is 4. The minimum atomic E-state index is -0.316. The van der Waals surface area contributed by atoms with Crippen LogP contribution in [0.2, 0.25) is 0 Å². The second kappa shape index (κ2) is 8.59. The van der Waals surface area contributed by atoms with Crippen LogP contribution in [0.5, 0.6) is 0 Å². The number of rotatable bonds is 6. The van der Waals surface area contributed by atoms with Gasteiger partial charge in [-0.1, -0.05) is 25.1 Å². The van der Waals surface area contributed by atoms with Gasteiger partial charge in [0.1, 0.15) is 11.5 Å². The topological polar surface area (TPSA) is 61.8 Å². The molecule has 6 nitrogen and oxygen atoms in total. The van der Waals surface area contributed by atoms with Crippen LogP contribution in [0.25, 0.3) is 27.7 Å². The van der Waals surface area contributed by atoms with Gasteiger partial charge in [0, 0.05) is 48.1 Å². The quantitative estimate of drug-likeness (QED) is 0.443. The molecule has 1 fully saturated rings. The highest BCUT2D eigenvalue weighted by atomic mass is 19.1. The van der Waals surface area contributed by atoms with Crippen molar-refractivity contribution in [1.82, 2.24) is 24.9 Å². The van der Waals surface area contributed by atoms with Gasteiger partial charge in [0.25, 0.3) is 0 Å². The largest absolute Gasteiger partial charge is 0.354 e. The van der Waals surface area contributed by atoms with Crippen molar-refractivity contribution in [2.75, 3.05) is 18.4 Å². The van der Waals surface area contributed by atoms with Gasteiger partial charge in [0.15, 0.2) is 0 Å². The van der Waals surface area contributed by atoms with Crippen LogP contribution >= 0.6 is 0 Å². The number of nitrogens with one attached hydrogen (secondary N) is 2. The number of halogens is 1. The van der Waals surface area contributed by atoms with Crippen LogP contribution in [0.1, 0.15) is 30.5 Å². The third-order valence-electron chi connectivity index (χ3n) is 6.06. The van der Waals surface area contributed by atoms with E-state index in [1.807, 2.05) is 7.05 Å². The van der Waals surface area contributed by atoms with E-state index in [4.69, 9.17) is 0 Å². The Morgan fingerprint density at radius 1 is 1.16 bits per heavy atom. The van der Waals surface area contributed by atoms with Crippen LogP contribution in [0, 0.1) is 5.82 Å². The zero-order chi connectivity index (χ0) is 22.1. The third kappa shape index (κ3) is 4.16. The number of piperidine rings is 1. The summed E-state index contributed by atoms with van der Waals surface area (Å²) in [5, 5.41) is 15.6. The Kier molecular flexibility index (Phi) is 5.49. The maximum absolute atomic E-state index is 14.7. The van der Waals surface area contributed by atoms with Crippen molar-refractivity contribution in [3.63, 3.8) is 0 Å². The number of nitrogens with zero attached hydrogens (tertiary/aromatic N) is 4. The van der Waals surface area contributed by atoms with Gasteiger partial charge in [0.05, 0.1) is 17.4 Å². The lowest BCUT2D eigenvalue weighted by molar-refractivity contribution is 0.221. The van der Waals surface area contributed by atoms with Crippen LogP contribution in [0.15, 0.2) is 55.4 Å². The highest BCUT2D eigenvalue weighted by Crippen LogP contribution is 2.30. The molecule has 0 saturated carbocycles. The van der Waals surface area contributed by atoms with Gasteiger partial charge in [-0.3, -0.25) is 14.7 Å². The summed E-state index contributed by atoms with van der Waals surface area (Å²) < 4.78 is 16.3. The molecule has 1 aliphatic heterocycles. The van der Waals surface area contributed by atoms with Crippen molar-refractivity contribution in [2.45, 2.75) is 25.8 Å². The highest BCUT2D eigenvalue weighted by molar-refractivity contribution is 5.95. The summed E-state index contributed by atoms with van der Waals surface area (Å²) in [7, 11) is 1.81. The summed E-state index contributed by atoms with van der Waals surface area (Å²) in [6, 6.07) is 11.7. The second-order valence-electron chi connectivity index (χ2n) is 8.49. The van der Waals surface area contributed by atoms with Crippen molar-refractivity contribution in [1.29, 1.82) is 0 Å². The molecule has 164 valence electrons. The molecule has 2 aromatic carbocycles. The second-order valence-corrected chi connectivity index (χ2v) is 8.49. The van der Waals surface area contributed by atoms with Crippen molar-refractivity contribution < 1.29 is 4.39 Å². The predicted molar refractivity (Wildman–Crippen MR) is 126 cm³/mol. The van der Waals surface area contributed by atoms with E-state index in [9.17, 15) is 4.39 Å². The first-order valence-electron chi connectivity index (χ1n) is 11.0. The predicted octanol–water partition coefficient (Wildman–Crippen LogP) is 5.17. The molecule has 32 heavy (non-hydrogen) atoms. The smallest absolute Gasteiger partial charge is 0.133 e. The fourth-order valence-corrected chi connectivity index (χ4v) is 4.35. The molecule has 0 aliphatic carbocycles. The molecule has 0 bridgehead atoms. The number of fused-ring (bicyclic) bond motifs is 1. The molecule has 4 aromatic rings. The van der Waals surface area contributed by atoms with Crippen LogP contribution in [0.3, 0.4) is 0 Å². The number of anilines is 1. The van der Waals surface area contributed by atoms with E-state index < -0.39 is 0 Å². The summed E-state index contributed by atoms with van der Waals surface area (Å²) in [4.78, 5) is 2.51. The Labute approximate surface area is 186 Å². The lowest BCUT2D eigenvalue weighted by Crippen LogP contribution is -2.29. The number of hydrogen-bond donors (Lipinski definition) is 2. The standard InChI is InChI=1S/C25H27FN6/c1-17(28-20-8-6-18(7-9-20)15-32-10-4-3-5-11-32)25-22-12-21(19-14-27-31(2)16-19)23(26)13-24(22)29-30-25/h6-9,12-14,16,28H,1,3-5,10-11,15H2,2H3,(H,29,30). The molecule has 5 rings (SSSR count). The summed E-state index contributed by atoms with van der Waals surface area (Å²) in [5.74, 6) is -0.316. The summed E-state index contributed by atoms with van der Waals surface area (Å²) in [6.07, 6.45) is 7.39. The molecule has 0 unspecified atom stereocenters. The normalized spacial score (nSPS) is 14.7. The zero-order valence-corrected chi connectivity index (χ0v) is 18.2. The summed E-state index contributed by atoms with van der Waals surface area (Å²) >= 11 is 0. The Morgan fingerprint density at radius 2 is 1.94 bits per heavy atom. The van der Waals surface area contributed by atoms with E-state index in [1.54, 1.807) is 23.1 Å². The van der Waals surface area contributed by atoms with Gasteiger partial charge in [-0.05, 0) is 49.7 Å². The van der Waals surface area contributed by atoms with Crippen LogP contribution in [-0.4, -0.2) is 38.0 Å². The van der Waals surface area contributed by atoms with E-state index in [0.717, 1.165) is 23.2 Å². The number of aromatic nitrogens is 4. The number of H-pyrrole nitrogens is 1. The van der Waals surface area contributed by atoms with Crippen LogP contribution < -0.4 is 5.32 Å². The summed E-state index contributed by atoms with van der Waals surface area (Å²) in [5.41, 5.74) is 5.43. The Hall–Kier alpha value is -3.45. The maximum Gasteiger partial charge on any atom is 0.133 e. The highest BCUT2D eigenvalue weighted by Gasteiger charge is 2.16. The van der Waals surface area contributed by atoms with Crippen molar-refractivity contribution in [2.24, 2.45) is 7.05 Å². The SMILES string of the molecule is C=C(Nc1ccc(CN2CCCCC2)cc1)c1n[nH]c2cc(F)c(-c3cnn(C)c3)cc12. The first kappa shape index (κ1) is 20.5. The molecule has 0 spiro atoms. The van der Waals surface area contributed by atoms with E-state index in [0.29, 0.717) is 22.5 Å². The Balaban J connectivity index is 1.34. The van der Waals surface area contributed by atoms with Gasteiger partial charge in [-0.15, -0.1) is 0 Å². The van der Waals surface area contributed by atoms with Crippen LogP contribution in [0.4, 0.5) is 10.1 Å². The van der Waals surface area contributed by atoms with Crippen LogP contribution in [-0.2, 0) is 13.6 Å². The fraction of sp³-hybridized carbons (Fsp3) is 0.280. The van der Waals surface area contributed by atoms with Gasteiger partial charge in [-0.25, -0.2) is 4.39 Å². The van der Waals surface area contributed by atoms with Crippen molar-refractivity contribution in [3.05, 3.63) is 72.4 Å². The van der Waals surface area contributed by atoms with Crippen molar-refractivity contribution in [3.8, 4) is 11.1 Å². The lowest BCUT2D eigenvalue weighted by atomic mass is 10.0. The van der Waals surface area contributed by atoms with Gasteiger partial charge < -0.3 is 5.32 Å². The van der Waals surface area contributed by atoms with E-state index >= 15 is 0 Å².